The van der Waals surface area contributed by atoms with Crippen molar-refractivity contribution in [2.45, 2.75) is 30.2 Å². The summed E-state index contributed by atoms with van der Waals surface area (Å²) >= 11 is 0. The minimum absolute atomic E-state index is 0.0125. The van der Waals surface area contributed by atoms with E-state index < -0.39 is 27.9 Å². The van der Waals surface area contributed by atoms with Crippen molar-refractivity contribution >= 4 is 38.9 Å². The summed E-state index contributed by atoms with van der Waals surface area (Å²) in [7, 11) is -4.04. The van der Waals surface area contributed by atoms with Gasteiger partial charge in [-0.15, -0.1) is 0 Å². The summed E-state index contributed by atoms with van der Waals surface area (Å²) in [5.74, 6) is -2.18. The van der Waals surface area contributed by atoms with Crippen molar-refractivity contribution in [3.63, 3.8) is 0 Å². The molecule has 5 rings (SSSR count). The number of carbonyl (C=O) groups excluding carboxylic acids is 1. The molecule has 0 saturated heterocycles. The SMILES string of the molecule is O=C(C=Cc1ccc2c(c1)CCC2N(CCc1c[nH]c2cc(F)ccc12)S(=O)(=O)c1ccc(C(=O)O)cc1)NO. The third kappa shape index (κ3) is 5.39. The van der Waals surface area contributed by atoms with Crippen LogP contribution < -0.4 is 5.48 Å². The summed E-state index contributed by atoms with van der Waals surface area (Å²) in [6.07, 6.45) is 6.01. The minimum atomic E-state index is -4.04. The fraction of sp³-hybridized carbons (Fsp3) is 0.172. The van der Waals surface area contributed by atoms with Gasteiger partial charge in [0.2, 0.25) is 10.0 Å². The van der Waals surface area contributed by atoms with Crippen molar-refractivity contribution in [1.29, 1.82) is 0 Å². The molecule has 1 aliphatic carbocycles. The molecule has 1 atom stereocenters. The number of hydrogen-bond acceptors (Lipinski definition) is 5. The average Bonchev–Trinajstić information content (AvgIpc) is 3.55. The molecule has 206 valence electrons. The van der Waals surface area contributed by atoms with Gasteiger partial charge in [-0.2, -0.15) is 4.31 Å². The predicted molar refractivity (Wildman–Crippen MR) is 146 cm³/mol. The number of nitrogens with one attached hydrogen (secondary N) is 2. The molecule has 9 nitrogen and oxygen atoms in total. The van der Waals surface area contributed by atoms with E-state index in [1.54, 1.807) is 24.4 Å². The van der Waals surface area contributed by atoms with Crippen LogP contribution >= 0.6 is 0 Å². The number of sulfonamides is 1. The molecule has 1 aromatic heterocycles. The molecule has 1 heterocycles. The number of hydrogen-bond donors (Lipinski definition) is 4. The number of carboxylic acids is 1. The van der Waals surface area contributed by atoms with Crippen LogP contribution in [0.1, 0.15) is 45.1 Å². The number of H-pyrrole nitrogens is 1. The van der Waals surface area contributed by atoms with Crippen molar-refractivity contribution in [2.75, 3.05) is 6.54 Å². The summed E-state index contributed by atoms with van der Waals surface area (Å²) in [4.78, 5) is 25.7. The van der Waals surface area contributed by atoms with Crippen LogP contribution in [0.5, 0.6) is 0 Å². The fourth-order valence-corrected chi connectivity index (χ4v) is 6.81. The van der Waals surface area contributed by atoms with Crippen molar-refractivity contribution in [2.24, 2.45) is 0 Å². The summed E-state index contributed by atoms with van der Waals surface area (Å²) in [6.45, 7) is 0.135. The highest BCUT2D eigenvalue weighted by Crippen LogP contribution is 2.39. The van der Waals surface area contributed by atoms with Gasteiger partial charge in [0, 0.05) is 29.7 Å². The number of rotatable bonds is 9. The standard InChI is InChI=1S/C29H26FN3O6S/c30-22-6-10-24-21(17-31-26(24)16-22)13-14-33(40(38,39)23-7-3-19(4-8-23)29(35)36)27-11-5-20-15-18(1-9-25(20)27)2-12-28(34)32-37/h1-4,6-10,12,15-17,27,31,37H,5,11,13-14H2,(H,32,34)(H,35,36). The highest BCUT2D eigenvalue weighted by Gasteiger charge is 2.36. The lowest BCUT2D eigenvalue weighted by Gasteiger charge is -2.29. The average molecular weight is 564 g/mol. The van der Waals surface area contributed by atoms with Gasteiger partial charge < -0.3 is 10.1 Å². The van der Waals surface area contributed by atoms with Gasteiger partial charge in [0.25, 0.3) is 5.91 Å². The van der Waals surface area contributed by atoms with Gasteiger partial charge in [-0.3, -0.25) is 10.0 Å². The zero-order chi connectivity index (χ0) is 28.4. The molecule has 1 unspecified atom stereocenters. The van der Waals surface area contributed by atoms with Crippen molar-refractivity contribution in [1.82, 2.24) is 14.8 Å². The number of hydroxylamine groups is 1. The van der Waals surface area contributed by atoms with Gasteiger partial charge >= 0.3 is 5.97 Å². The second-order valence-electron chi connectivity index (χ2n) is 9.52. The van der Waals surface area contributed by atoms with Crippen LogP contribution in [0, 0.1) is 5.82 Å². The molecule has 0 saturated carbocycles. The van der Waals surface area contributed by atoms with E-state index in [1.165, 1.54) is 52.3 Å². The number of aromatic amines is 1. The number of benzene rings is 3. The topological polar surface area (TPSA) is 140 Å². The molecule has 40 heavy (non-hydrogen) atoms. The second-order valence-corrected chi connectivity index (χ2v) is 11.4. The number of nitrogens with zero attached hydrogens (tertiary/aromatic N) is 1. The molecule has 0 radical (unpaired) electrons. The van der Waals surface area contributed by atoms with E-state index in [0.29, 0.717) is 24.8 Å². The normalized spacial score (nSPS) is 15.1. The number of carbonyl (C=O) groups is 2. The van der Waals surface area contributed by atoms with Crippen LogP contribution in [-0.2, 0) is 27.7 Å². The van der Waals surface area contributed by atoms with Gasteiger partial charge in [-0.25, -0.2) is 23.1 Å². The Morgan fingerprint density at radius 3 is 2.60 bits per heavy atom. The lowest BCUT2D eigenvalue weighted by molar-refractivity contribution is -0.124. The number of fused-ring (bicyclic) bond motifs is 2. The smallest absolute Gasteiger partial charge is 0.335 e. The molecule has 3 aromatic carbocycles. The Labute approximate surface area is 229 Å². The quantitative estimate of drug-likeness (QED) is 0.135. The molecule has 0 aliphatic heterocycles. The monoisotopic (exact) mass is 563 g/mol. The first kappa shape index (κ1) is 27.3. The Bertz CT molecular complexity index is 1730. The lowest BCUT2D eigenvalue weighted by atomic mass is 10.0. The van der Waals surface area contributed by atoms with Crippen LogP contribution in [0.4, 0.5) is 4.39 Å². The van der Waals surface area contributed by atoms with Crippen LogP contribution in [0.3, 0.4) is 0 Å². The molecular weight excluding hydrogens is 537 g/mol. The number of aromatic carboxylic acids is 1. The largest absolute Gasteiger partial charge is 0.478 e. The van der Waals surface area contributed by atoms with Crippen molar-refractivity contribution < 1.29 is 32.7 Å². The second kappa shape index (κ2) is 11.0. The first-order valence-corrected chi connectivity index (χ1v) is 14.0. The molecule has 4 aromatic rings. The maximum Gasteiger partial charge on any atom is 0.335 e. The molecule has 1 amide bonds. The zero-order valence-corrected chi connectivity index (χ0v) is 22.0. The van der Waals surface area contributed by atoms with Gasteiger partial charge in [0.15, 0.2) is 0 Å². The maximum absolute atomic E-state index is 14.0. The van der Waals surface area contributed by atoms with E-state index >= 15 is 0 Å². The Morgan fingerprint density at radius 1 is 1.10 bits per heavy atom. The van der Waals surface area contributed by atoms with E-state index in [1.807, 2.05) is 12.1 Å². The number of amides is 1. The van der Waals surface area contributed by atoms with Crippen LogP contribution in [0.2, 0.25) is 0 Å². The highest BCUT2D eigenvalue weighted by molar-refractivity contribution is 7.89. The van der Waals surface area contributed by atoms with Crippen molar-refractivity contribution in [3.8, 4) is 0 Å². The number of aromatic nitrogens is 1. The van der Waals surface area contributed by atoms with Crippen molar-refractivity contribution in [3.05, 3.63) is 107 Å². The lowest BCUT2D eigenvalue weighted by Crippen LogP contribution is -2.35. The third-order valence-corrected chi connectivity index (χ3v) is 9.06. The van der Waals surface area contributed by atoms with E-state index in [4.69, 9.17) is 5.21 Å². The molecular formula is C29H26FN3O6S. The van der Waals surface area contributed by atoms with Gasteiger partial charge in [0.1, 0.15) is 5.82 Å². The minimum Gasteiger partial charge on any atom is -0.478 e. The Hall–Kier alpha value is -4.32. The molecule has 0 bridgehead atoms. The van der Waals surface area contributed by atoms with E-state index in [9.17, 15) is 27.5 Å². The summed E-state index contributed by atoms with van der Waals surface area (Å²) in [5, 5.41) is 18.8. The summed E-state index contributed by atoms with van der Waals surface area (Å²) < 4.78 is 43.1. The Morgan fingerprint density at radius 2 is 1.88 bits per heavy atom. The Kier molecular flexibility index (Phi) is 7.53. The number of carboxylic acid groups (broad SMARTS) is 1. The van der Waals surface area contributed by atoms with E-state index in [2.05, 4.69) is 4.98 Å². The first-order valence-electron chi connectivity index (χ1n) is 12.5. The van der Waals surface area contributed by atoms with Gasteiger partial charge in [0.05, 0.1) is 16.5 Å². The van der Waals surface area contributed by atoms with Crippen LogP contribution in [0.15, 0.2) is 77.8 Å². The van der Waals surface area contributed by atoms with E-state index in [-0.39, 0.29) is 22.8 Å². The summed E-state index contributed by atoms with van der Waals surface area (Å²) in [6, 6.07) is 14.6. The Balaban J connectivity index is 1.49. The van der Waals surface area contributed by atoms with E-state index in [0.717, 1.165) is 27.6 Å². The predicted octanol–water partition coefficient (Wildman–Crippen LogP) is 4.44. The molecule has 11 heteroatoms. The maximum atomic E-state index is 14.0. The molecule has 1 aliphatic rings. The fourth-order valence-electron chi connectivity index (χ4n) is 5.17. The number of aryl methyl sites for hydroxylation is 1. The van der Waals surface area contributed by atoms with Gasteiger partial charge in [-0.05, 0) is 90.1 Å². The zero-order valence-electron chi connectivity index (χ0n) is 21.2. The van der Waals surface area contributed by atoms with Crippen LogP contribution in [0.25, 0.3) is 17.0 Å². The van der Waals surface area contributed by atoms with Gasteiger partial charge in [-0.1, -0.05) is 18.2 Å². The highest BCUT2D eigenvalue weighted by atomic mass is 32.2. The number of halogens is 1. The molecule has 0 spiro atoms. The molecule has 4 N–H and O–H groups in total. The summed E-state index contributed by atoms with van der Waals surface area (Å²) in [5.41, 5.74) is 5.51. The molecule has 0 fully saturated rings. The third-order valence-electron chi connectivity index (χ3n) is 7.14. The first-order chi connectivity index (χ1) is 19.2. The van der Waals surface area contributed by atoms with Crippen LogP contribution in [-0.4, -0.2) is 46.4 Å².